The molecule has 0 aliphatic heterocycles. The molecule has 0 saturated heterocycles. The van der Waals surface area contributed by atoms with Crippen LogP contribution in [0.25, 0.3) is 0 Å². The number of methoxy groups -OCH3 is 1. The first-order valence-corrected chi connectivity index (χ1v) is 11.6. The lowest BCUT2D eigenvalue weighted by Gasteiger charge is -2.56. The number of hydrogen-bond acceptors (Lipinski definition) is 6. The van der Waals surface area contributed by atoms with Crippen LogP contribution in [0.15, 0.2) is 24.3 Å². The number of benzene rings is 1. The van der Waals surface area contributed by atoms with Gasteiger partial charge < -0.3 is 9.47 Å². The fraction of sp³-hybridized carbons (Fsp3) is 0.600. The van der Waals surface area contributed by atoms with E-state index in [1.165, 1.54) is 14.0 Å². The molecule has 6 nitrogen and oxygen atoms in total. The molecule has 0 spiro atoms. The van der Waals surface area contributed by atoms with Gasteiger partial charge >= 0.3 is 11.9 Å². The summed E-state index contributed by atoms with van der Waals surface area (Å²) in [5, 5.41) is 0.631. The van der Waals surface area contributed by atoms with E-state index < -0.39 is 35.3 Å². The van der Waals surface area contributed by atoms with E-state index in [1.54, 1.807) is 0 Å². The van der Waals surface area contributed by atoms with Crippen molar-refractivity contribution in [2.24, 2.45) is 29.1 Å². The number of Topliss-reactive ketones (excluding diaryl/α,β-unsaturated/α-hetero) is 2. The molecule has 0 N–H and O–H groups in total. The first-order valence-electron chi connectivity index (χ1n) is 11.2. The van der Waals surface area contributed by atoms with Gasteiger partial charge in [0.05, 0.1) is 13.0 Å². The number of ketones is 2. The van der Waals surface area contributed by atoms with Crippen LogP contribution in [0.1, 0.15) is 57.4 Å². The molecule has 172 valence electrons. The lowest BCUT2D eigenvalue weighted by atomic mass is 9.46. The molecule has 1 aromatic carbocycles. The molecule has 0 unspecified atom stereocenters. The zero-order valence-corrected chi connectivity index (χ0v) is 19.4. The SMILES string of the molecule is COC(=O)[C@@H]1C[C@H](OC(C)=O)C(=O)[C@@H]2[C@H]3C[C@@H](c4ccc(Cl)cc4)CC(=O)[C@@H]3CC[C@]21C. The smallest absolute Gasteiger partial charge is 0.309 e. The second-order valence-corrected chi connectivity index (χ2v) is 10.2. The van der Waals surface area contributed by atoms with Crippen LogP contribution in [0, 0.1) is 29.1 Å². The van der Waals surface area contributed by atoms with Gasteiger partial charge in [0.15, 0.2) is 11.9 Å². The summed E-state index contributed by atoms with van der Waals surface area (Å²) in [6.45, 7) is 3.23. The van der Waals surface area contributed by atoms with Crippen LogP contribution < -0.4 is 0 Å². The summed E-state index contributed by atoms with van der Waals surface area (Å²) in [5.41, 5.74) is 0.391. The fourth-order valence-electron chi connectivity index (χ4n) is 6.59. The van der Waals surface area contributed by atoms with E-state index >= 15 is 0 Å². The highest BCUT2D eigenvalue weighted by atomic mass is 35.5. The van der Waals surface area contributed by atoms with Crippen molar-refractivity contribution in [3.05, 3.63) is 34.9 Å². The molecule has 3 aliphatic rings. The molecule has 32 heavy (non-hydrogen) atoms. The van der Waals surface area contributed by atoms with Gasteiger partial charge in [0, 0.05) is 36.6 Å². The predicted molar refractivity (Wildman–Crippen MR) is 117 cm³/mol. The molecule has 0 aromatic heterocycles. The Kier molecular flexibility index (Phi) is 6.19. The first-order chi connectivity index (χ1) is 15.2. The molecule has 0 heterocycles. The van der Waals surface area contributed by atoms with Crippen LogP contribution >= 0.6 is 11.6 Å². The van der Waals surface area contributed by atoms with Gasteiger partial charge in [-0.3, -0.25) is 19.2 Å². The van der Waals surface area contributed by atoms with Crippen LogP contribution in [0.5, 0.6) is 0 Å². The van der Waals surface area contributed by atoms with E-state index in [9.17, 15) is 19.2 Å². The summed E-state index contributed by atoms with van der Waals surface area (Å²) in [5.74, 6) is -2.47. The Bertz CT molecular complexity index is 940. The van der Waals surface area contributed by atoms with E-state index in [1.807, 2.05) is 31.2 Å². The standard InChI is InChI=1S/C25H29ClO6/c1-13(27)32-21-12-19(24(30)31-3)25(2)9-8-17-18(22(25)23(21)29)10-15(11-20(17)28)14-4-6-16(26)7-5-14/h4-7,15,17-19,21-22H,8-12H2,1-3H3/t15-,17-,18+,19+,21+,22+,25+/m1/s1. The van der Waals surface area contributed by atoms with Crippen molar-refractivity contribution < 1.29 is 28.7 Å². The lowest BCUT2D eigenvalue weighted by Crippen LogP contribution is -2.60. The molecular formula is C25H29ClO6. The highest BCUT2D eigenvalue weighted by molar-refractivity contribution is 6.30. The molecule has 1 aromatic rings. The van der Waals surface area contributed by atoms with E-state index in [4.69, 9.17) is 21.1 Å². The highest BCUT2D eigenvalue weighted by Crippen LogP contribution is 2.60. The van der Waals surface area contributed by atoms with Crippen LogP contribution in [-0.2, 0) is 28.7 Å². The van der Waals surface area contributed by atoms with Crippen LogP contribution in [-0.4, -0.2) is 36.7 Å². The van der Waals surface area contributed by atoms with E-state index in [0.717, 1.165) is 5.56 Å². The average Bonchev–Trinajstić information content (AvgIpc) is 2.74. The van der Waals surface area contributed by atoms with Gasteiger partial charge in [-0.15, -0.1) is 0 Å². The van der Waals surface area contributed by atoms with Crippen molar-refractivity contribution in [2.75, 3.05) is 7.11 Å². The number of halogens is 1. The zero-order valence-electron chi connectivity index (χ0n) is 18.6. The summed E-state index contributed by atoms with van der Waals surface area (Å²) in [6.07, 6.45) is 1.50. The number of hydrogen-bond donors (Lipinski definition) is 0. The number of rotatable bonds is 3. The van der Waals surface area contributed by atoms with Gasteiger partial charge in [0.1, 0.15) is 5.78 Å². The normalized spacial score (nSPS) is 36.6. The largest absolute Gasteiger partial charge is 0.469 e. The van der Waals surface area contributed by atoms with Crippen LogP contribution in [0.2, 0.25) is 5.02 Å². The quantitative estimate of drug-likeness (QED) is 0.630. The number of carbonyl (C=O) groups excluding carboxylic acids is 4. The average molecular weight is 461 g/mol. The fourth-order valence-corrected chi connectivity index (χ4v) is 6.72. The predicted octanol–water partition coefficient (Wildman–Crippen LogP) is 4.13. The van der Waals surface area contributed by atoms with Crippen molar-refractivity contribution in [3.63, 3.8) is 0 Å². The molecule has 3 aliphatic carbocycles. The Hall–Kier alpha value is -2.21. The van der Waals surface area contributed by atoms with Crippen molar-refractivity contribution in [2.45, 2.75) is 58.0 Å². The lowest BCUT2D eigenvalue weighted by molar-refractivity contribution is -0.183. The Balaban J connectivity index is 1.72. The third-order valence-corrected chi connectivity index (χ3v) is 8.32. The van der Waals surface area contributed by atoms with Crippen molar-refractivity contribution in [1.82, 2.24) is 0 Å². The molecule has 0 amide bonds. The molecule has 0 bridgehead atoms. The summed E-state index contributed by atoms with van der Waals surface area (Å²) < 4.78 is 10.4. The summed E-state index contributed by atoms with van der Waals surface area (Å²) >= 11 is 6.04. The Morgan fingerprint density at radius 2 is 1.81 bits per heavy atom. The number of fused-ring (bicyclic) bond motifs is 3. The Morgan fingerprint density at radius 3 is 2.44 bits per heavy atom. The van der Waals surface area contributed by atoms with E-state index in [0.29, 0.717) is 30.7 Å². The zero-order chi connectivity index (χ0) is 23.2. The molecule has 3 saturated carbocycles. The maximum absolute atomic E-state index is 13.6. The van der Waals surface area contributed by atoms with Gasteiger partial charge in [-0.05, 0) is 54.2 Å². The van der Waals surface area contributed by atoms with Gasteiger partial charge in [0.2, 0.25) is 0 Å². The number of ether oxygens (including phenoxy) is 2. The van der Waals surface area contributed by atoms with Crippen LogP contribution in [0.3, 0.4) is 0 Å². The van der Waals surface area contributed by atoms with E-state index in [2.05, 4.69) is 0 Å². The van der Waals surface area contributed by atoms with Gasteiger partial charge in [-0.2, -0.15) is 0 Å². The summed E-state index contributed by atoms with van der Waals surface area (Å²) in [4.78, 5) is 51.3. The second kappa shape index (κ2) is 8.62. The third-order valence-electron chi connectivity index (χ3n) is 8.07. The molecule has 4 rings (SSSR count). The first kappa shape index (κ1) is 23.0. The molecular weight excluding hydrogens is 432 g/mol. The van der Waals surface area contributed by atoms with Gasteiger partial charge in [-0.25, -0.2) is 0 Å². The molecule has 3 fully saturated rings. The van der Waals surface area contributed by atoms with Crippen molar-refractivity contribution in [3.8, 4) is 0 Å². The highest BCUT2D eigenvalue weighted by Gasteiger charge is 2.62. The minimum Gasteiger partial charge on any atom is -0.469 e. The molecule has 0 radical (unpaired) electrons. The number of esters is 2. The monoisotopic (exact) mass is 460 g/mol. The van der Waals surface area contributed by atoms with Crippen molar-refractivity contribution >= 4 is 35.1 Å². The Labute approximate surface area is 193 Å². The summed E-state index contributed by atoms with van der Waals surface area (Å²) in [6, 6.07) is 7.50. The molecule has 7 atom stereocenters. The third kappa shape index (κ3) is 3.87. The maximum Gasteiger partial charge on any atom is 0.309 e. The van der Waals surface area contributed by atoms with Crippen molar-refractivity contribution in [1.29, 1.82) is 0 Å². The second-order valence-electron chi connectivity index (χ2n) is 9.76. The minimum atomic E-state index is -0.987. The van der Waals surface area contributed by atoms with Crippen LogP contribution in [0.4, 0.5) is 0 Å². The number of carbonyl (C=O) groups is 4. The maximum atomic E-state index is 13.6. The van der Waals surface area contributed by atoms with E-state index in [-0.39, 0.29) is 35.7 Å². The van der Waals surface area contributed by atoms with Gasteiger partial charge in [0.25, 0.3) is 0 Å². The Morgan fingerprint density at radius 1 is 1.12 bits per heavy atom. The van der Waals surface area contributed by atoms with Gasteiger partial charge in [-0.1, -0.05) is 30.7 Å². The molecule has 7 heteroatoms. The minimum absolute atomic E-state index is 0.0122. The topological polar surface area (TPSA) is 86.7 Å². The summed E-state index contributed by atoms with van der Waals surface area (Å²) in [7, 11) is 1.34.